The van der Waals surface area contributed by atoms with Crippen LogP contribution in [0.4, 0.5) is 0 Å². The van der Waals surface area contributed by atoms with Gasteiger partial charge >= 0.3 is 0 Å². The number of nitrogens with one attached hydrogen (secondary N) is 1. The van der Waals surface area contributed by atoms with Crippen molar-refractivity contribution in [1.29, 1.82) is 0 Å². The molecule has 0 amide bonds. The van der Waals surface area contributed by atoms with Gasteiger partial charge in [-0.2, -0.15) is 0 Å². The van der Waals surface area contributed by atoms with Gasteiger partial charge in [-0.1, -0.05) is 50.1 Å². The highest BCUT2D eigenvalue weighted by Gasteiger charge is 2.28. The Labute approximate surface area is 111 Å². The van der Waals surface area contributed by atoms with Crippen LogP contribution in [0.5, 0.6) is 0 Å². The second kappa shape index (κ2) is 5.85. The standard InChI is InChI=1S/C16H26N2/c1-13(12-18-16(2)10-6-7-11-16)15(17)14-8-4-3-5-9-14/h3-5,8-9,13,15,18H,6-7,10-12,17H2,1-2H3. The highest BCUT2D eigenvalue weighted by molar-refractivity contribution is 5.19. The molecule has 2 rings (SSSR count). The summed E-state index contributed by atoms with van der Waals surface area (Å²) in [4.78, 5) is 0. The molecule has 1 saturated carbocycles. The second-order valence-electron chi connectivity index (χ2n) is 6.06. The Morgan fingerprint density at radius 1 is 1.22 bits per heavy atom. The molecule has 2 atom stereocenters. The van der Waals surface area contributed by atoms with Crippen molar-refractivity contribution in [2.45, 2.75) is 51.1 Å². The van der Waals surface area contributed by atoms with E-state index >= 15 is 0 Å². The van der Waals surface area contributed by atoms with E-state index in [1.54, 1.807) is 0 Å². The molecular weight excluding hydrogens is 220 g/mol. The molecule has 1 fully saturated rings. The maximum atomic E-state index is 6.33. The lowest BCUT2D eigenvalue weighted by Gasteiger charge is -2.29. The molecule has 2 unspecified atom stereocenters. The average molecular weight is 246 g/mol. The van der Waals surface area contributed by atoms with Crippen LogP contribution < -0.4 is 11.1 Å². The number of benzene rings is 1. The number of rotatable bonds is 5. The first-order valence-electron chi connectivity index (χ1n) is 7.16. The zero-order valence-electron chi connectivity index (χ0n) is 11.7. The van der Waals surface area contributed by atoms with Gasteiger partial charge in [0.05, 0.1) is 0 Å². The zero-order chi connectivity index (χ0) is 13.0. The van der Waals surface area contributed by atoms with Crippen molar-refractivity contribution < 1.29 is 0 Å². The van der Waals surface area contributed by atoms with Crippen LogP contribution in [-0.2, 0) is 0 Å². The zero-order valence-corrected chi connectivity index (χ0v) is 11.7. The van der Waals surface area contributed by atoms with Crippen molar-refractivity contribution >= 4 is 0 Å². The van der Waals surface area contributed by atoms with Crippen molar-refractivity contribution in [2.24, 2.45) is 11.7 Å². The quantitative estimate of drug-likeness (QED) is 0.837. The lowest BCUT2D eigenvalue weighted by atomic mass is 9.93. The van der Waals surface area contributed by atoms with Crippen molar-refractivity contribution in [1.82, 2.24) is 5.32 Å². The lowest BCUT2D eigenvalue weighted by Crippen LogP contribution is -2.43. The van der Waals surface area contributed by atoms with Crippen LogP contribution in [0.1, 0.15) is 51.1 Å². The van der Waals surface area contributed by atoms with Gasteiger partial charge < -0.3 is 11.1 Å². The molecule has 0 bridgehead atoms. The summed E-state index contributed by atoms with van der Waals surface area (Å²) >= 11 is 0. The molecule has 2 heteroatoms. The van der Waals surface area contributed by atoms with Crippen molar-refractivity contribution in [2.75, 3.05) is 6.54 Å². The van der Waals surface area contributed by atoms with E-state index < -0.39 is 0 Å². The Balaban J connectivity index is 1.86. The summed E-state index contributed by atoms with van der Waals surface area (Å²) in [7, 11) is 0. The number of hydrogen-bond acceptors (Lipinski definition) is 2. The third kappa shape index (κ3) is 3.33. The SMILES string of the molecule is CC(CNC1(C)CCCC1)C(N)c1ccccc1. The maximum absolute atomic E-state index is 6.33. The van der Waals surface area contributed by atoms with E-state index in [0.29, 0.717) is 11.5 Å². The molecule has 1 aliphatic carbocycles. The molecule has 18 heavy (non-hydrogen) atoms. The predicted octanol–water partition coefficient (Wildman–Crippen LogP) is 3.24. The Morgan fingerprint density at radius 3 is 2.44 bits per heavy atom. The van der Waals surface area contributed by atoms with Gasteiger partial charge in [0.1, 0.15) is 0 Å². The van der Waals surface area contributed by atoms with Gasteiger partial charge in [-0.3, -0.25) is 0 Å². The fraction of sp³-hybridized carbons (Fsp3) is 0.625. The fourth-order valence-electron chi connectivity index (χ4n) is 2.87. The normalized spacial score (nSPS) is 21.7. The molecule has 1 aromatic carbocycles. The van der Waals surface area contributed by atoms with Crippen LogP contribution >= 0.6 is 0 Å². The molecule has 2 nitrogen and oxygen atoms in total. The van der Waals surface area contributed by atoms with Crippen molar-refractivity contribution in [3.8, 4) is 0 Å². The van der Waals surface area contributed by atoms with E-state index in [0.717, 1.165) is 6.54 Å². The van der Waals surface area contributed by atoms with Crippen LogP contribution in [0.25, 0.3) is 0 Å². The maximum Gasteiger partial charge on any atom is 0.0333 e. The van der Waals surface area contributed by atoms with Crippen molar-refractivity contribution in [3.05, 3.63) is 35.9 Å². The molecule has 0 aromatic heterocycles. The first-order chi connectivity index (χ1) is 8.61. The van der Waals surface area contributed by atoms with Crippen LogP contribution in [0.3, 0.4) is 0 Å². The van der Waals surface area contributed by atoms with Gasteiger partial charge in [0, 0.05) is 18.1 Å². The average Bonchev–Trinajstić information content (AvgIpc) is 2.83. The fourth-order valence-corrected chi connectivity index (χ4v) is 2.87. The Hall–Kier alpha value is -0.860. The third-order valence-corrected chi connectivity index (χ3v) is 4.36. The minimum absolute atomic E-state index is 0.128. The van der Waals surface area contributed by atoms with Gasteiger partial charge in [0.25, 0.3) is 0 Å². The summed E-state index contributed by atoms with van der Waals surface area (Å²) < 4.78 is 0. The van der Waals surface area contributed by atoms with Gasteiger partial charge in [0.15, 0.2) is 0 Å². The third-order valence-electron chi connectivity index (χ3n) is 4.36. The molecule has 0 spiro atoms. The molecule has 0 saturated heterocycles. The first kappa shape index (κ1) is 13.6. The summed E-state index contributed by atoms with van der Waals surface area (Å²) in [6.07, 6.45) is 5.34. The Morgan fingerprint density at radius 2 is 1.83 bits per heavy atom. The summed E-state index contributed by atoms with van der Waals surface area (Å²) in [6.45, 7) is 5.59. The first-order valence-corrected chi connectivity index (χ1v) is 7.16. The largest absolute Gasteiger partial charge is 0.324 e. The molecule has 0 heterocycles. The smallest absolute Gasteiger partial charge is 0.0333 e. The molecule has 0 radical (unpaired) electrons. The molecule has 1 aromatic rings. The monoisotopic (exact) mass is 246 g/mol. The molecule has 1 aliphatic rings. The topological polar surface area (TPSA) is 38.0 Å². The Bertz CT molecular complexity index is 355. The van der Waals surface area contributed by atoms with Crippen LogP contribution in [0.2, 0.25) is 0 Å². The second-order valence-corrected chi connectivity index (χ2v) is 6.06. The molecule has 0 aliphatic heterocycles. The Kier molecular flexibility index (Phi) is 4.41. The van der Waals surface area contributed by atoms with E-state index in [9.17, 15) is 0 Å². The van der Waals surface area contributed by atoms with E-state index in [1.807, 2.05) is 6.07 Å². The predicted molar refractivity (Wildman–Crippen MR) is 77.4 cm³/mol. The molecule has 3 N–H and O–H groups in total. The van der Waals surface area contributed by atoms with Crippen molar-refractivity contribution in [3.63, 3.8) is 0 Å². The van der Waals surface area contributed by atoms with E-state index in [2.05, 4.69) is 43.4 Å². The van der Waals surface area contributed by atoms with Gasteiger partial charge in [-0.25, -0.2) is 0 Å². The summed E-state index contributed by atoms with van der Waals surface area (Å²) in [5, 5.41) is 3.73. The highest BCUT2D eigenvalue weighted by atomic mass is 15.0. The van der Waals surface area contributed by atoms with E-state index in [-0.39, 0.29) is 6.04 Å². The number of hydrogen-bond donors (Lipinski definition) is 2. The minimum atomic E-state index is 0.128. The van der Waals surface area contributed by atoms with Crippen LogP contribution in [0, 0.1) is 5.92 Å². The number of nitrogens with two attached hydrogens (primary N) is 1. The summed E-state index contributed by atoms with van der Waals surface area (Å²) in [5.41, 5.74) is 7.92. The molecular formula is C16H26N2. The molecule has 100 valence electrons. The van der Waals surface area contributed by atoms with Crippen LogP contribution in [-0.4, -0.2) is 12.1 Å². The summed E-state index contributed by atoms with van der Waals surface area (Å²) in [5.74, 6) is 0.463. The van der Waals surface area contributed by atoms with Gasteiger partial charge in [-0.05, 0) is 31.2 Å². The van der Waals surface area contributed by atoms with E-state index in [4.69, 9.17) is 5.73 Å². The minimum Gasteiger partial charge on any atom is -0.324 e. The van der Waals surface area contributed by atoms with Crippen LogP contribution in [0.15, 0.2) is 30.3 Å². The van der Waals surface area contributed by atoms with Gasteiger partial charge in [0.2, 0.25) is 0 Å². The summed E-state index contributed by atoms with van der Waals surface area (Å²) in [6, 6.07) is 10.5. The van der Waals surface area contributed by atoms with E-state index in [1.165, 1.54) is 31.2 Å². The van der Waals surface area contributed by atoms with Gasteiger partial charge in [-0.15, -0.1) is 0 Å². The lowest BCUT2D eigenvalue weighted by molar-refractivity contribution is 0.318. The highest BCUT2D eigenvalue weighted by Crippen LogP contribution is 2.29.